The van der Waals surface area contributed by atoms with Crippen molar-refractivity contribution in [1.29, 1.82) is 0 Å². The van der Waals surface area contributed by atoms with Crippen LogP contribution in [-0.2, 0) is 6.61 Å². The largest absolute Gasteiger partial charge is 0.485 e. The minimum Gasteiger partial charge on any atom is -0.485 e. The summed E-state index contributed by atoms with van der Waals surface area (Å²) in [5.41, 5.74) is 2.32. The minimum atomic E-state index is -0.0184. The molecule has 3 nitrogen and oxygen atoms in total. The normalized spacial score (nSPS) is 12.0. The molecule has 3 heteroatoms. The Balaban J connectivity index is 1.75. The molecule has 0 saturated carbocycles. The van der Waals surface area contributed by atoms with Gasteiger partial charge in [0.15, 0.2) is 11.5 Å². The Morgan fingerprint density at radius 2 is 1.33 bits per heavy atom. The Morgan fingerprint density at radius 1 is 0.741 bits per heavy atom. The molecule has 0 unspecified atom stereocenters. The van der Waals surface area contributed by atoms with Crippen molar-refractivity contribution in [2.24, 2.45) is 0 Å². The molecule has 0 aromatic heterocycles. The van der Waals surface area contributed by atoms with Crippen molar-refractivity contribution in [2.45, 2.75) is 19.1 Å². The molecule has 0 saturated heterocycles. The molecule has 3 aromatic rings. The SMILES string of the molecule is CN(C)CC[C@@H](Oc1ccccc1OCc1ccccc1)c1ccccc1. The zero-order valence-electron chi connectivity index (χ0n) is 16.0. The molecule has 0 aliphatic rings. The lowest BCUT2D eigenvalue weighted by Gasteiger charge is -2.23. The van der Waals surface area contributed by atoms with Crippen LogP contribution in [-0.4, -0.2) is 25.5 Å². The maximum absolute atomic E-state index is 6.42. The Morgan fingerprint density at radius 3 is 2.00 bits per heavy atom. The summed E-state index contributed by atoms with van der Waals surface area (Å²) >= 11 is 0. The van der Waals surface area contributed by atoms with Gasteiger partial charge in [0.1, 0.15) is 12.7 Å². The first-order valence-electron chi connectivity index (χ1n) is 9.34. The van der Waals surface area contributed by atoms with Crippen molar-refractivity contribution in [3.05, 3.63) is 96.1 Å². The maximum atomic E-state index is 6.42. The summed E-state index contributed by atoms with van der Waals surface area (Å²) in [6.07, 6.45) is 0.888. The van der Waals surface area contributed by atoms with Gasteiger partial charge in [-0.15, -0.1) is 0 Å². The molecule has 0 radical (unpaired) electrons. The fraction of sp³-hybridized carbons (Fsp3) is 0.250. The van der Waals surface area contributed by atoms with Crippen LogP contribution in [0.15, 0.2) is 84.9 Å². The summed E-state index contributed by atoms with van der Waals surface area (Å²) in [5, 5.41) is 0. The summed E-state index contributed by atoms with van der Waals surface area (Å²) in [5.74, 6) is 1.55. The van der Waals surface area contributed by atoms with Gasteiger partial charge in [-0.2, -0.15) is 0 Å². The highest BCUT2D eigenvalue weighted by molar-refractivity contribution is 5.40. The zero-order valence-corrected chi connectivity index (χ0v) is 16.0. The first kappa shape index (κ1) is 19.0. The number of ether oxygens (including phenoxy) is 2. The number of hydrogen-bond donors (Lipinski definition) is 0. The van der Waals surface area contributed by atoms with E-state index in [2.05, 4.69) is 55.4 Å². The second-order valence-electron chi connectivity index (χ2n) is 6.83. The number of hydrogen-bond acceptors (Lipinski definition) is 3. The predicted molar refractivity (Wildman–Crippen MR) is 110 cm³/mol. The third-order valence-corrected chi connectivity index (χ3v) is 4.37. The molecule has 0 amide bonds. The van der Waals surface area contributed by atoms with E-state index < -0.39 is 0 Å². The smallest absolute Gasteiger partial charge is 0.162 e. The van der Waals surface area contributed by atoms with E-state index in [-0.39, 0.29) is 6.10 Å². The highest BCUT2D eigenvalue weighted by Gasteiger charge is 2.16. The number of nitrogens with zero attached hydrogens (tertiary/aromatic N) is 1. The molecule has 1 atom stereocenters. The summed E-state index contributed by atoms with van der Waals surface area (Å²) in [4.78, 5) is 2.18. The van der Waals surface area contributed by atoms with E-state index >= 15 is 0 Å². The topological polar surface area (TPSA) is 21.7 Å². The van der Waals surface area contributed by atoms with Gasteiger partial charge in [-0.1, -0.05) is 72.8 Å². The van der Waals surface area contributed by atoms with Gasteiger partial charge >= 0.3 is 0 Å². The summed E-state index contributed by atoms with van der Waals surface area (Å²) in [6.45, 7) is 1.47. The lowest BCUT2D eigenvalue weighted by molar-refractivity contribution is 0.168. The molecule has 3 rings (SSSR count). The van der Waals surface area contributed by atoms with Gasteiger partial charge in [-0.25, -0.2) is 0 Å². The van der Waals surface area contributed by atoms with Crippen LogP contribution in [0.2, 0.25) is 0 Å². The third kappa shape index (κ3) is 5.87. The van der Waals surface area contributed by atoms with Gasteiger partial charge in [0.2, 0.25) is 0 Å². The van der Waals surface area contributed by atoms with Crippen LogP contribution in [0.1, 0.15) is 23.7 Å². The summed E-state index contributed by atoms with van der Waals surface area (Å²) in [7, 11) is 4.16. The Hall–Kier alpha value is -2.78. The van der Waals surface area contributed by atoms with E-state index in [4.69, 9.17) is 9.47 Å². The van der Waals surface area contributed by atoms with Crippen LogP contribution in [0.3, 0.4) is 0 Å². The molecule has 0 heterocycles. The Kier molecular flexibility index (Phi) is 6.89. The lowest BCUT2D eigenvalue weighted by atomic mass is 10.1. The fourth-order valence-corrected chi connectivity index (χ4v) is 2.89. The maximum Gasteiger partial charge on any atom is 0.162 e. The lowest BCUT2D eigenvalue weighted by Crippen LogP contribution is -2.19. The summed E-state index contributed by atoms with van der Waals surface area (Å²) < 4.78 is 12.5. The first-order valence-corrected chi connectivity index (χ1v) is 9.34. The highest BCUT2D eigenvalue weighted by Crippen LogP contribution is 2.33. The average Bonchev–Trinajstić information content (AvgIpc) is 2.71. The van der Waals surface area contributed by atoms with Crippen molar-refractivity contribution < 1.29 is 9.47 Å². The van der Waals surface area contributed by atoms with Crippen molar-refractivity contribution in [3.63, 3.8) is 0 Å². The van der Waals surface area contributed by atoms with E-state index in [9.17, 15) is 0 Å². The molecule has 0 bridgehead atoms. The first-order chi connectivity index (χ1) is 13.2. The van der Waals surface area contributed by atoms with Crippen molar-refractivity contribution >= 4 is 0 Å². The molecule has 0 N–H and O–H groups in total. The van der Waals surface area contributed by atoms with Gasteiger partial charge in [-0.3, -0.25) is 0 Å². The number of benzene rings is 3. The van der Waals surface area contributed by atoms with Crippen LogP contribution in [0.4, 0.5) is 0 Å². The molecule has 0 spiro atoms. The monoisotopic (exact) mass is 361 g/mol. The Bertz CT molecular complexity index is 803. The quantitative estimate of drug-likeness (QED) is 0.514. The van der Waals surface area contributed by atoms with E-state index in [0.717, 1.165) is 30.0 Å². The summed E-state index contributed by atoms with van der Waals surface area (Å²) in [6, 6.07) is 28.5. The van der Waals surface area contributed by atoms with Crippen molar-refractivity contribution in [2.75, 3.05) is 20.6 Å². The molecular weight excluding hydrogens is 334 g/mol. The average molecular weight is 361 g/mol. The van der Waals surface area contributed by atoms with Crippen molar-refractivity contribution in [3.8, 4) is 11.5 Å². The highest BCUT2D eigenvalue weighted by atomic mass is 16.5. The van der Waals surface area contributed by atoms with E-state index in [1.807, 2.05) is 48.5 Å². The molecule has 27 heavy (non-hydrogen) atoms. The van der Waals surface area contributed by atoms with Gasteiger partial charge in [0.05, 0.1) is 0 Å². The van der Waals surface area contributed by atoms with Crippen LogP contribution in [0, 0.1) is 0 Å². The van der Waals surface area contributed by atoms with E-state index in [1.54, 1.807) is 0 Å². The van der Waals surface area contributed by atoms with Crippen LogP contribution in [0.5, 0.6) is 11.5 Å². The second kappa shape index (κ2) is 9.79. The number of rotatable bonds is 9. The third-order valence-electron chi connectivity index (χ3n) is 4.37. The van der Waals surface area contributed by atoms with Gasteiger partial charge in [-0.05, 0) is 37.4 Å². The van der Waals surface area contributed by atoms with Gasteiger partial charge < -0.3 is 14.4 Å². The molecule has 0 fully saturated rings. The zero-order chi connectivity index (χ0) is 18.9. The number of para-hydroxylation sites is 2. The molecule has 3 aromatic carbocycles. The van der Waals surface area contributed by atoms with Gasteiger partial charge in [0.25, 0.3) is 0 Å². The van der Waals surface area contributed by atoms with Crippen LogP contribution >= 0.6 is 0 Å². The standard InChI is InChI=1S/C24H27NO2/c1-25(2)18-17-22(21-13-7-4-8-14-21)27-24-16-10-9-15-23(24)26-19-20-11-5-3-6-12-20/h3-16,22H,17-19H2,1-2H3/t22-/m1/s1. The molecule has 140 valence electrons. The van der Waals surface area contributed by atoms with Crippen LogP contribution in [0.25, 0.3) is 0 Å². The molecule has 0 aliphatic heterocycles. The Labute approximate surface area is 162 Å². The van der Waals surface area contributed by atoms with Gasteiger partial charge in [0, 0.05) is 13.0 Å². The van der Waals surface area contributed by atoms with E-state index in [0.29, 0.717) is 6.61 Å². The van der Waals surface area contributed by atoms with E-state index in [1.165, 1.54) is 5.56 Å². The fourth-order valence-electron chi connectivity index (χ4n) is 2.89. The predicted octanol–water partition coefficient (Wildman–Crippen LogP) is 5.34. The molecule has 0 aliphatic carbocycles. The molecular formula is C24H27NO2. The second-order valence-corrected chi connectivity index (χ2v) is 6.83. The van der Waals surface area contributed by atoms with Crippen LogP contribution < -0.4 is 9.47 Å². The minimum absolute atomic E-state index is 0.0184. The van der Waals surface area contributed by atoms with Crippen molar-refractivity contribution in [1.82, 2.24) is 4.90 Å².